The highest BCUT2D eigenvalue weighted by Gasteiger charge is 2.27. The van der Waals surface area contributed by atoms with Crippen molar-refractivity contribution in [3.05, 3.63) is 12.7 Å². The van der Waals surface area contributed by atoms with Gasteiger partial charge in [-0.3, -0.25) is 0 Å². The van der Waals surface area contributed by atoms with Crippen molar-refractivity contribution in [3.8, 4) is 0 Å². The van der Waals surface area contributed by atoms with E-state index in [0.717, 1.165) is 18.5 Å². The van der Waals surface area contributed by atoms with E-state index in [2.05, 4.69) is 11.3 Å². The van der Waals surface area contributed by atoms with Gasteiger partial charge in [0.05, 0.1) is 6.61 Å². The minimum Gasteiger partial charge on any atom is -0.435 e. The van der Waals surface area contributed by atoms with E-state index in [-0.39, 0.29) is 6.79 Å². The first kappa shape index (κ1) is 15.3. The van der Waals surface area contributed by atoms with Crippen LogP contribution in [0.15, 0.2) is 12.7 Å². The molecule has 0 spiro atoms. The van der Waals surface area contributed by atoms with Crippen LogP contribution in [0.2, 0.25) is 12.6 Å². The molecule has 0 aromatic carbocycles. The summed E-state index contributed by atoms with van der Waals surface area (Å²) in [6.07, 6.45) is 1.92. The summed E-state index contributed by atoms with van der Waals surface area (Å²) in [4.78, 5) is 10.6. The molecule has 0 radical (unpaired) electrons. The Morgan fingerprint density at radius 3 is 2.50 bits per heavy atom. The number of carbonyl (C=O) groups is 1. The quantitative estimate of drug-likeness (QED) is 0.203. The first-order valence-electron chi connectivity index (χ1n) is 5.05. The van der Waals surface area contributed by atoms with Gasteiger partial charge in [-0.05, 0) is 19.0 Å². The standard InChI is InChI=1S/C10H20O5Si/c1-5-10(11)15-9-14-7-6-8-16(4,12-2)13-3/h5H,1,6-9H2,2-4H3. The number of rotatable bonds is 9. The van der Waals surface area contributed by atoms with Gasteiger partial charge in [-0.25, -0.2) is 4.79 Å². The molecule has 6 heteroatoms. The molecule has 16 heavy (non-hydrogen) atoms. The summed E-state index contributed by atoms with van der Waals surface area (Å²) in [6.45, 7) is 5.74. The van der Waals surface area contributed by atoms with Gasteiger partial charge in [-0.15, -0.1) is 0 Å². The van der Waals surface area contributed by atoms with E-state index >= 15 is 0 Å². The summed E-state index contributed by atoms with van der Waals surface area (Å²) in [6, 6.07) is 0.843. The zero-order valence-corrected chi connectivity index (χ0v) is 11.2. The predicted molar refractivity (Wildman–Crippen MR) is 62.2 cm³/mol. The molecular weight excluding hydrogens is 228 g/mol. The van der Waals surface area contributed by atoms with Crippen molar-refractivity contribution < 1.29 is 23.1 Å². The highest BCUT2D eigenvalue weighted by molar-refractivity contribution is 6.65. The van der Waals surface area contributed by atoms with Crippen LogP contribution in [-0.2, 0) is 23.1 Å². The van der Waals surface area contributed by atoms with E-state index in [9.17, 15) is 4.79 Å². The molecule has 94 valence electrons. The van der Waals surface area contributed by atoms with Crippen molar-refractivity contribution in [1.29, 1.82) is 0 Å². The van der Waals surface area contributed by atoms with E-state index in [1.807, 2.05) is 6.55 Å². The van der Waals surface area contributed by atoms with Crippen LogP contribution in [0.1, 0.15) is 6.42 Å². The van der Waals surface area contributed by atoms with Crippen molar-refractivity contribution in [3.63, 3.8) is 0 Å². The fourth-order valence-corrected chi connectivity index (χ4v) is 2.36. The van der Waals surface area contributed by atoms with Crippen LogP contribution in [0.3, 0.4) is 0 Å². The molecule has 0 heterocycles. The Kier molecular flexibility index (Phi) is 8.09. The maximum Gasteiger partial charge on any atom is 0.334 e. The summed E-state index contributed by atoms with van der Waals surface area (Å²) < 4.78 is 20.4. The largest absolute Gasteiger partial charge is 0.435 e. The molecule has 5 nitrogen and oxygen atoms in total. The molecule has 0 atom stereocenters. The van der Waals surface area contributed by atoms with Gasteiger partial charge in [0.15, 0.2) is 6.79 Å². The third-order valence-electron chi connectivity index (χ3n) is 2.23. The SMILES string of the molecule is C=CC(=O)OCOCCC[Si](C)(OC)OC. The number of ether oxygens (including phenoxy) is 2. The molecule has 0 amide bonds. The Morgan fingerprint density at radius 2 is 2.00 bits per heavy atom. The van der Waals surface area contributed by atoms with E-state index in [4.69, 9.17) is 13.6 Å². The first-order valence-corrected chi connectivity index (χ1v) is 7.57. The molecule has 0 bridgehead atoms. The summed E-state index contributed by atoms with van der Waals surface area (Å²) >= 11 is 0. The Bertz CT molecular complexity index is 215. The van der Waals surface area contributed by atoms with E-state index in [0.29, 0.717) is 6.61 Å². The van der Waals surface area contributed by atoms with Crippen LogP contribution in [-0.4, -0.2) is 42.1 Å². The predicted octanol–water partition coefficient (Wildman–Crippen LogP) is 1.44. The van der Waals surface area contributed by atoms with Gasteiger partial charge < -0.3 is 18.3 Å². The lowest BCUT2D eigenvalue weighted by Gasteiger charge is -2.22. The molecule has 0 aliphatic carbocycles. The molecule has 0 rings (SSSR count). The molecule has 0 aromatic heterocycles. The Hall–Kier alpha value is -0.693. The van der Waals surface area contributed by atoms with Gasteiger partial charge in [-0.1, -0.05) is 6.58 Å². The molecule has 0 unspecified atom stereocenters. The van der Waals surface area contributed by atoms with Gasteiger partial charge in [-0.2, -0.15) is 0 Å². The third-order valence-corrected chi connectivity index (χ3v) is 5.22. The summed E-state index contributed by atoms with van der Waals surface area (Å²) in [5, 5.41) is 0. The lowest BCUT2D eigenvalue weighted by atomic mass is 10.5. The average molecular weight is 248 g/mol. The van der Waals surface area contributed by atoms with Gasteiger partial charge in [0.2, 0.25) is 0 Å². The molecule has 0 saturated carbocycles. The molecular formula is C10H20O5Si. The van der Waals surface area contributed by atoms with Gasteiger partial charge in [0.1, 0.15) is 0 Å². The smallest absolute Gasteiger partial charge is 0.334 e. The van der Waals surface area contributed by atoms with Crippen LogP contribution in [0.5, 0.6) is 0 Å². The minimum atomic E-state index is -1.99. The van der Waals surface area contributed by atoms with Gasteiger partial charge in [0.25, 0.3) is 0 Å². The van der Waals surface area contributed by atoms with Crippen LogP contribution in [0, 0.1) is 0 Å². The molecule has 0 aliphatic rings. The van der Waals surface area contributed by atoms with Crippen LogP contribution < -0.4 is 0 Å². The monoisotopic (exact) mass is 248 g/mol. The maximum atomic E-state index is 10.6. The zero-order valence-electron chi connectivity index (χ0n) is 10.2. The number of hydrogen-bond donors (Lipinski definition) is 0. The van der Waals surface area contributed by atoms with Crippen molar-refractivity contribution in [2.45, 2.75) is 19.0 Å². The van der Waals surface area contributed by atoms with E-state index < -0.39 is 14.5 Å². The Labute approximate surface area is 97.6 Å². The summed E-state index contributed by atoms with van der Waals surface area (Å²) in [5.41, 5.74) is 0. The van der Waals surface area contributed by atoms with Crippen molar-refractivity contribution in [1.82, 2.24) is 0 Å². The lowest BCUT2D eigenvalue weighted by molar-refractivity contribution is -0.150. The van der Waals surface area contributed by atoms with Gasteiger partial charge >= 0.3 is 14.5 Å². The second kappa shape index (κ2) is 8.46. The fourth-order valence-electron chi connectivity index (χ4n) is 1.00. The van der Waals surface area contributed by atoms with Crippen molar-refractivity contribution in [2.24, 2.45) is 0 Å². The normalized spacial score (nSPS) is 11.2. The van der Waals surface area contributed by atoms with E-state index in [1.165, 1.54) is 0 Å². The maximum absolute atomic E-state index is 10.6. The average Bonchev–Trinajstić information content (AvgIpc) is 2.32. The molecule has 0 N–H and O–H groups in total. The first-order chi connectivity index (χ1) is 7.58. The Balaban J connectivity index is 3.46. The number of hydrogen-bond acceptors (Lipinski definition) is 5. The van der Waals surface area contributed by atoms with Crippen molar-refractivity contribution in [2.75, 3.05) is 27.6 Å². The molecule has 0 saturated heterocycles. The van der Waals surface area contributed by atoms with Gasteiger partial charge in [0, 0.05) is 20.3 Å². The van der Waals surface area contributed by atoms with Crippen LogP contribution >= 0.6 is 0 Å². The molecule has 0 aliphatic heterocycles. The molecule has 0 fully saturated rings. The topological polar surface area (TPSA) is 54.0 Å². The highest BCUT2D eigenvalue weighted by atomic mass is 28.4. The molecule has 0 aromatic rings. The highest BCUT2D eigenvalue weighted by Crippen LogP contribution is 2.13. The van der Waals surface area contributed by atoms with Crippen LogP contribution in [0.25, 0.3) is 0 Å². The second-order valence-electron chi connectivity index (χ2n) is 3.34. The minimum absolute atomic E-state index is 0.0386. The van der Waals surface area contributed by atoms with E-state index in [1.54, 1.807) is 14.2 Å². The number of esters is 1. The second-order valence-corrected chi connectivity index (χ2v) is 6.92. The summed E-state index contributed by atoms with van der Waals surface area (Å²) in [5.74, 6) is -0.479. The van der Waals surface area contributed by atoms with Crippen LogP contribution in [0.4, 0.5) is 0 Å². The Morgan fingerprint density at radius 1 is 1.38 bits per heavy atom. The third kappa shape index (κ3) is 6.73. The fraction of sp³-hybridized carbons (Fsp3) is 0.700. The van der Waals surface area contributed by atoms with Crippen molar-refractivity contribution >= 4 is 14.5 Å². The zero-order chi connectivity index (χ0) is 12.4. The summed E-state index contributed by atoms with van der Waals surface area (Å²) in [7, 11) is 1.32. The lowest BCUT2D eigenvalue weighted by Crippen LogP contribution is -2.36. The number of carbonyl (C=O) groups excluding carboxylic acids is 1.